The molecule has 2 unspecified atom stereocenters. The van der Waals surface area contributed by atoms with Gasteiger partial charge in [-0.3, -0.25) is 4.79 Å². The maximum atomic E-state index is 12.6. The molecular formula is C19H25N5O4. The van der Waals surface area contributed by atoms with Gasteiger partial charge in [0, 0.05) is 12.2 Å². The predicted octanol–water partition coefficient (Wildman–Crippen LogP) is 0.891. The Morgan fingerprint density at radius 1 is 1.43 bits per heavy atom. The lowest BCUT2D eigenvalue weighted by molar-refractivity contribution is -0.145. The summed E-state index contributed by atoms with van der Waals surface area (Å²) < 4.78 is 4.93. The van der Waals surface area contributed by atoms with Crippen LogP contribution in [0.5, 0.6) is 0 Å². The van der Waals surface area contributed by atoms with Gasteiger partial charge in [-0.2, -0.15) is 5.10 Å². The molecule has 2 rings (SSSR count). The Hall–Kier alpha value is -3.36. The number of carbonyl (C=O) groups excluding carboxylic acids is 3. The Morgan fingerprint density at radius 3 is 2.75 bits per heavy atom. The summed E-state index contributed by atoms with van der Waals surface area (Å²) in [4.78, 5) is 38.3. The molecule has 0 bridgehead atoms. The van der Waals surface area contributed by atoms with Crippen LogP contribution in [0.4, 0.5) is 10.5 Å². The van der Waals surface area contributed by atoms with E-state index in [1.807, 2.05) is 0 Å². The van der Waals surface area contributed by atoms with Gasteiger partial charge in [0.2, 0.25) is 5.91 Å². The van der Waals surface area contributed by atoms with Crippen molar-refractivity contribution in [3.05, 3.63) is 42.5 Å². The van der Waals surface area contributed by atoms with Crippen LogP contribution in [-0.4, -0.2) is 49.4 Å². The van der Waals surface area contributed by atoms with Crippen molar-refractivity contribution in [1.29, 1.82) is 0 Å². The highest BCUT2D eigenvalue weighted by Crippen LogP contribution is 2.21. The van der Waals surface area contributed by atoms with Gasteiger partial charge in [-0.05, 0) is 37.5 Å². The molecule has 1 aliphatic heterocycles. The lowest BCUT2D eigenvalue weighted by atomic mass is 10.2. The summed E-state index contributed by atoms with van der Waals surface area (Å²) in [6.45, 7) is 5.94. The number of hydrogen-bond acceptors (Lipinski definition) is 6. The van der Waals surface area contributed by atoms with E-state index < -0.39 is 24.1 Å². The van der Waals surface area contributed by atoms with Crippen molar-refractivity contribution in [1.82, 2.24) is 10.6 Å². The molecule has 0 radical (unpaired) electrons. The van der Waals surface area contributed by atoms with Crippen molar-refractivity contribution in [3.8, 4) is 0 Å². The maximum absolute atomic E-state index is 12.6. The number of anilines is 1. The first-order valence-electron chi connectivity index (χ1n) is 8.99. The minimum absolute atomic E-state index is 0.210. The molecule has 0 saturated carbocycles. The molecule has 0 spiro atoms. The zero-order valence-electron chi connectivity index (χ0n) is 15.8. The number of hydrazone groups is 1. The number of urea groups is 1. The van der Waals surface area contributed by atoms with E-state index in [0.717, 1.165) is 11.3 Å². The highest BCUT2D eigenvalue weighted by atomic mass is 16.5. The van der Waals surface area contributed by atoms with Gasteiger partial charge in [0.25, 0.3) is 0 Å². The highest BCUT2D eigenvalue weighted by molar-refractivity contribution is 6.01. The Morgan fingerprint density at radius 2 is 2.14 bits per heavy atom. The van der Waals surface area contributed by atoms with Crippen molar-refractivity contribution < 1.29 is 19.1 Å². The molecule has 4 N–H and O–H groups in total. The smallest absolute Gasteiger partial charge is 0.329 e. The molecule has 3 amide bonds. The summed E-state index contributed by atoms with van der Waals surface area (Å²) in [7, 11) is 0. The number of rotatable bonds is 8. The number of amides is 3. The molecule has 1 saturated heterocycles. The lowest BCUT2D eigenvalue weighted by Gasteiger charge is -2.19. The average Bonchev–Trinajstić information content (AvgIpc) is 3.03. The molecule has 1 aromatic rings. The maximum Gasteiger partial charge on any atom is 0.329 e. The molecule has 2 atom stereocenters. The van der Waals surface area contributed by atoms with Crippen LogP contribution in [0.15, 0.2) is 42.0 Å². The molecule has 9 heteroatoms. The second-order valence-electron chi connectivity index (χ2n) is 6.15. The van der Waals surface area contributed by atoms with Crippen molar-refractivity contribution in [2.45, 2.75) is 31.8 Å². The van der Waals surface area contributed by atoms with E-state index in [1.165, 1.54) is 12.3 Å². The molecule has 1 aromatic carbocycles. The van der Waals surface area contributed by atoms with Gasteiger partial charge in [-0.1, -0.05) is 18.2 Å². The molecule has 28 heavy (non-hydrogen) atoms. The molecule has 1 fully saturated rings. The van der Waals surface area contributed by atoms with Crippen molar-refractivity contribution in [2.75, 3.05) is 18.1 Å². The summed E-state index contributed by atoms with van der Waals surface area (Å²) in [5.74, 6) is 4.36. The largest absolute Gasteiger partial charge is 0.464 e. The number of hydrogen-bond donors (Lipinski definition) is 3. The lowest BCUT2D eigenvalue weighted by Crippen LogP contribution is -2.51. The fourth-order valence-corrected chi connectivity index (χ4v) is 2.88. The number of ether oxygens (including phenoxy) is 1. The van der Waals surface area contributed by atoms with Gasteiger partial charge < -0.3 is 26.1 Å². The van der Waals surface area contributed by atoms with Gasteiger partial charge >= 0.3 is 12.0 Å². The van der Waals surface area contributed by atoms with E-state index in [1.54, 1.807) is 36.1 Å². The summed E-state index contributed by atoms with van der Waals surface area (Å²) in [6, 6.07) is 5.06. The third kappa shape index (κ3) is 5.32. The molecule has 0 aromatic heterocycles. The van der Waals surface area contributed by atoms with Crippen LogP contribution in [0.25, 0.3) is 0 Å². The fraction of sp³-hybridized carbons (Fsp3) is 0.368. The molecule has 9 nitrogen and oxygen atoms in total. The van der Waals surface area contributed by atoms with Gasteiger partial charge in [0.1, 0.15) is 12.1 Å². The van der Waals surface area contributed by atoms with Crippen LogP contribution in [-0.2, 0) is 14.3 Å². The van der Waals surface area contributed by atoms with E-state index in [4.69, 9.17) is 10.6 Å². The van der Waals surface area contributed by atoms with E-state index in [9.17, 15) is 14.4 Å². The summed E-state index contributed by atoms with van der Waals surface area (Å²) in [5.41, 5.74) is 1.54. The number of esters is 1. The monoisotopic (exact) mass is 387 g/mol. The number of benzene rings is 1. The third-order valence-electron chi connectivity index (χ3n) is 4.22. The first-order valence-corrected chi connectivity index (χ1v) is 8.99. The third-order valence-corrected chi connectivity index (χ3v) is 4.22. The Bertz CT molecular complexity index is 747. The van der Waals surface area contributed by atoms with Gasteiger partial charge in [0.05, 0.1) is 12.8 Å². The Labute approximate surface area is 163 Å². The Balaban J connectivity index is 1.95. The Kier molecular flexibility index (Phi) is 7.55. The van der Waals surface area contributed by atoms with Crippen LogP contribution in [0.1, 0.15) is 25.3 Å². The molecule has 1 aliphatic rings. The first-order chi connectivity index (χ1) is 13.5. The van der Waals surface area contributed by atoms with E-state index >= 15 is 0 Å². The van der Waals surface area contributed by atoms with E-state index in [-0.39, 0.29) is 18.9 Å². The van der Waals surface area contributed by atoms with Crippen molar-refractivity contribution >= 4 is 29.8 Å². The van der Waals surface area contributed by atoms with Crippen LogP contribution >= 0.6 is 0 Å². The van der Waals surface area contributed by atoms with E-state index in [0.29, 0.717) is 13.0 Å². The fourth-order valence-electron chi connectivity index (χ4n) is 2.88. The SMILES string of the molecule is C=CCC(NC(=O)NC1CCN(c2ccc(C=NN)cc2)C1=O)C(=O)OCC. The number of nitrogens with two attached hydrogens (primary N) is 1. The zero-order chi connectivity index (χ0) is 20.5. The van der Waals surface area contributed by atoms with Crippen molar-refractivity contribution in [3.63, 3.8) is 0 Å². The quantitative estimate of drug-likeness (QED) is 0.201. The number of carbonyl (C=O) groups is 3. The van der Waals surface area contributed by atoms with E-state index in [2.05, 4.69) is 22.3 Å². The van der Waals surface area contributed by atoms with Crippen LogP contribution in [0.2, 0.25) is 0 Å². The molecule has 0 aliphatic carbocycles. The summed E-state index contributed by atoms with van der Waals surface area (Å²) in [6.07, 6.45) is 3.72. The first kappa shape index (κ1) is 20.9. The standard InChI is InChI=1S/C19H25N5O4/c1-3-5-16(18(26)28-4-2)23-19(27)22-15-10-11-24(17(15)25)14-8-6-13(7-9-14)12-21-20/h3,6-9,12,15-16H,1,4-5,10-11,20H2,2H3,(H2,22,23,27). The minimum atomic E-state index is -0.846. The predicted molar refractivity (Wildman–Crippen MR) is 106 cm³/mol. The van der Waals surface area contributed by atoms with Gasteiger partial charge in [0.15, 0.2) is 0 Å². The topological polar surface area (TPSA) is 126 Å². The van der Waals surface area contributed by atoms with Crippen LogP contribution < -0.4 is 21.4 Å². The zero-order valence-corrected chi connectivity index (χ0v) is 15.8. The van der Waals surface area contributed by atoms with Crippen molar-refractivity contribution in [2.24, 2.45) is 10.9 Å². The van der Waals surface area contributed by atoms with Crippen LogP contribution in [0, 0.1) is 0 Å². The number of nitrogens with one attached hydrogen (secondary N) is 2. The van der Waals surface area contributed by atoms with Gasteiger partial charge in [-0.15, -0.1) is 6.58 Å². The summed E-state index contributed by atoms with van der Waals surface area (Å²) in [5, 5.41) is 8.61. The summed E-state index contributed by atoms with van der Waals surface area (Å²) >= 11 is 0. The second kappa shape index (κ2) is 10.1. The molecule has 1 heterocycles. The normalized spacial score (nSPS) is 17.4. The van der Waals surface area contributed by atoms with Gasteiger partial charge in [-0.25, -0.2) is 9.59 Å². The minimum Gasteiger partial charge on any atom is -0.464 e. The molecule has 150 valence electrons. The average molecular weight is 387 g/mol. The number of nitrogens with zero attached hydrogens (tertiary/aromatic N) is 2. The van der Waals surface area contributed by atoms with Crippen LogP contribution in [0.3, 0.4) is 0 Å². The molecular weight excluding hydrogens is 362 g/mol. The second-order valence-corrected chi connectivity index (χ2v) is 6.15. The highest BCUT2D eigenvalue weighted by Gasteiger charge is 2.34.